The first kappa shape index (κ1) is 17.0. The van der Waals surface area contributed by atoms with Crippen LogP contribution in [-0.4, -0.2) is 11.8 Å². The van der Waals surface area contributed by atoms with Gasteiger partial charge >= 0.3 is 0 Å². The zero-order valence-electron chi connectivity index (χ0n) is 12.7. The maximum atomic E-state index is 11.8. The zero-order chi connectivity index (χ0) is 15.8. The molecule has 0 unspecified atom stereocenters. The van der Waals surface area contributed by atoms with Gasteiger partial charge in [-0.15, -0.1) is 0 Å². The Morgan fingerprint density at radius 1 is 1.05 bits per heavy atom. The van der Waals surface area contributed by atoms with E-state index in [1.165, 1.54) is 32.1 Å². The lowest BCUT2D eigenvalue weighted by Crippen LogP contribution is -2.41. The Morgan fingerprint density at radius 3 is 2.41 bits per heavy atom. The number of hydrazine groups is 1. The molecule has 1 aliphatic carbocycles. The summed E-state index contributed by atoms with van der Waals surface area (Å²) in [5, 5.41) is 0. The highest BCUT2D eigenvalue weighted by Gasteiger charge is 2.14. The molecular weight excluding hydrogens is 344 g/mol. The Kier molecular flexibility index (Phi) is 6.90. The van der Waals surface area contributed by atoms with Gasteiger partial charge in [0, 0.05) is 16.5 Å². The molecule has 0 spiro atoms. The molecule has 0 aromatic heterocycles. The van der Waals surface area contributed by atoms with Crippen molar-refractivity contribution >= 4 is 27.7 Å². The number of carbonyl (C=O) groups excluding carboxylic acids is 2. The lowest BCUT2D eigenvalue weighted by atomic mass is 9.86. The molecule has 22 heavy (non-hydrogen) atoms. The Morgan fingerprint density at radius 2 is 1.73 bits per heavy atom. The molecule has 1 fully saturated rings. The number of carbonyl (C=O) groups is 2. The topological polar surface area (TPSA) is 58.2 Å². The lowest BCUT2D eigenvalue weighted by Gasteiger charge is -2.21. The van der Waals surface area contributed by atoms with E-state index in [0.29, 0.717) is 12.0 Å². The van der Waals surface area contributed by atoms with Crippen molar-refractivity contribution in [1.29, 1.82) is 0 Å². The van der Waals surface area contributed by atoms with E-state index >= 15 is 0 Å². The van der Waals surface area contributed by atoms with Gasteiger partial charge in [-0.1, -0.05) is 48.0 Å². The van der Waals surface area contributed by atoms with Crippen LogP contribution in [0.1, 0.15) is 61.7 Å². The average molecular weight is 367 g/mol. The number of hydrogen-bond donors (Lipinski definition) is 2. The molecule has 0 saturated heterocycles. The van der Waals surface area contributed by atoms with Crippen molar-refractivity contribution in [2.45, 2.75) is 51.4 Å². The smallest absolute Gasteiger partial charge is 0.269 e. The molecule has 1 aliphatic rings. The number of hydrogen-bond acceptors (Lipinski definition) is 2. The molecule has 1 saturated carbocycles. The molecule has 0 radical (unpaired) electrons. The van der Waals surface area contributed by atoms with Gasteiger partial charge in [-0.25, -0.2) is 0 Å². The van der Waals surface area contributed by atoms with Crippen LogP contribution in [0.15, 0.2) is 28.7 Å². The first-order chi connectivity index (χ1) is 10.6. The minimum atomic E-state index is -0.298. The Bertz CT molecular complexity index is 496. The van der Waals surface area contributed by atoms with E-state index in [1.807, 2.05) is 0 Å². The minimum Gasteiger partial charge on any atom is -0.273 e. The van der Waals surface area contributed by atoms with Crippen molar-refractivity contribution in [2.75, 3.05) is 0 Å². The van der Waals surface area contributed by atoms with Crippen molar-refractivity contribution in [3.8, 4) is 0 Å². The maximum absolute atomic E-state index is 11.8. The van der Waals surface area contributed by atoms with E-state index in [4.69, 9.17) is 0 Å². The number of nitrogens with one attached hydrogen (secondary N) is 2. The Balaban J connectivity index is 1.62. The number of benzene rings is 1. The predicted octanol–water partition coefficient (Wildman–Crippen LogP) is 3.96. The van der Waals surface area contributed by atoms with Gasteiger partial charge in [0.25, 0.3) is 5.91 Å². The highest BCUT2D eigenvalue weighted by Crippen LogP contribution is 2.27. The fraction of sp³-hybridized carbons (Fsp3) is 0.529. The van der Waals surface area contributed by atoms with Crippen molar-refractivity contribution < 1.29 is 9.59 Å². The second-order valence-electron chi connectivity index (χ2n) is 5.91. The summed E-state index contributed by atoms with van der Waals surface area (Å²) in [5.74, 6) is 0.369. The first-order valence-corrected chi connectivity index (χ1v) is 8.79. The third kappa shape index (κ3) is 5.79. The summed E-state index contributed by atoms with van der Waals surface area (Å²) >= 11 is 3.32. The maximum Gasteiger partial charge on any atom is 0.269 e. The summed E-state index contributed by atoms with van der Waals surface area (Å²) in [6.45, 7) is 0. The van der Waals surface area contributed by atoms with Gasteiger partial charge in [0.1, 0.15) is 0 Å². The van der Waals surface area contributed by atoms with Crippen LogP contribution in [0.2, 0.25) is 0 Å². The highest BCUT2D eigenvalue weighted by atomic mass is 79.9. The van der Waals surface area contributed by atoms with Gasteiger partial charge in [-0.3, -0.25) is 20.4 Å². The summed E-state index contributed by atoms with van der Waals surface area (Å²) in [5.41, 5.74) is 5.46. The van der Waals surface area contributed by atoms with E-state index in [0.717, 1.165) is 23.2 Å². The van der Waals surface area contributed by atoms with Gasteiger partial charge in [-0.05, 0) is 43.0 Å². The van der Waals surface area contributed by atoms with Crippen LogP contribution in [0, 0.1) is 5.92 Å². The SMILES string of the molecule is O=C(CCCC1CCCCC1)NNC(=O)c1ccc(Br)cc1. The molecule has 0 bridgehead atoms. The summed E-state index contributed by atoms with van der Waals surface area (Å²) in [6, 6.07) is 6.99. The second kappa shape index (κ2) is 8.93. The predicted molar refractivity (Wildman–Crippen MR) is 90.2 cm³/mol. The van der Waals surface area contributed by atoms with Crippen molar-refractivity contribution in [2.24, 2.45) is 5.92 Å². The molecule has 2 amide bonds. The molecular formula is C17H23BrN2O2. The molecule has 4 nitrogen and oxygen atoms in total. The van der Waals surface area contributed by atoms with Crippen LogP contribution in [0.5, 0.6) is 0 Å². The average Bonchev–Trinajstić information content (AvgIpc) is 2.54. The van der Waals surface area contributed by atoms with Crippen LogP contribution in [0.25, 0.3) is 0 Å². The quantitative estimate of drug-likeness (QED) is 0.774. The molecule has 2 N–H and O–H groups in total. The summed E-state index contributed by atoms with van der Waals surface area (Å²) in [6.07, 6.45) is 9.12. The van der Waals surface area contributed by atoms with Gasteiger partial charge < -0.3 is 0 Å². The third-order valence-corrected chi connectivity index (χ3v) is 4.69. The number of rotatable bonds is 5. The zero-order valence-corrected chi connectivity index (χ0v) is 14.3. The highest BCUT2D eigenvalue weighted by molar-refractivity contribution is 9.10. The normalized spacial score (nSPS) is 15.3. The van der Waals surface area contributed by atoms with Gasteiger partial charge in [0.2, 0.25) is 5.91 Å². The molecule has 0 aliphatic heterocycles. The van der Waals surface area contributed by atoms with E-state index in [2.05, 4.69) is 26.8 Å². The van der Waals surface area contributed by atoms with Gasteiger partial charge in [-0.2, -0.15) is 0 Å². The Labute approximate surface area is 140 Å². The second-order valence-corrected chi connectivity index (χ2v) is 6.82. The largest absolute Gasteiger partial charge is 0.273 e. The fourth-order valence-corrected chi connectivity index (χ4v) is 3.15. The molecule has 0 atom stereocenters. The summed E-state index contributed by atoms with van der Waals surface area (Å²) in [4.78, 5) is 23.6. The first-order valence-electron chi connectivity index (χ1n) is 8.00. The van der Waals surface area contributed by atoms with E-state index in [-0.39, 0.29) is 11.8 Å². The van der Waals surface area contributed by atoms with Crippen molar-refractivity contribution in [1.82, 2.24) is 10.9 Å². The van der Waals surface area contributed by atoms with Crippen LogP contribution in [0.3, 0.4) is 0 Å². The van der Waals surface area contributed by atoms with E-state index in [1.54, 1.807) is 24.3 Å². The number of amides is 2. The van der Waals surface area contributed by atoms with Crippen LogP contribution >= 0.6 is 15.9 Å². The van der Waals surface area contributed by atoms with Gasteiger partial charge in [0.05, 0.1) is 0 Å². The molecule has 5 heteroatoms. The monoisotopic (exact) mass is 366 g/mol. The number of halogens is 1. The summed E-state index contributed by atoms with van der Waals surface area (Å²) in [7, 11) is 0. The van der Waals surface area contributed by atoms with E-state index in [9.17, 15) is 9.59 Å². The van der Waals surface area contributed by atoms with Crippen molar-refractivity contribution in [3.63, 3.8) is 0 Å². The van der Waals surface area contributed by atoms with Crippen molar-refractivity contribution in [3.05, 3.63) is 34.3 Å². The summed E-state index contributed by atoms with van der Waals surface area (Å²) < 4.78 is 0.913. The standard InChI is InChI=1S/C17H23BrN2O2/c18-15-11-9-14(10-12-15)17(22)20-19-16(21)8-4-7-13-5-2-1-3-6-13/h9-13H,1-8H2,(H,19,21)(H,20,22). The minimum absolute atomic E-state index is 0.124. The fourth-order valence-electron chi connectivity index (χ4n) is 2.89. The Hall–Kier alpha value is -1.36. The third-order valence-electron chi connectivity index (χ3n) is 4.16. The van der Waals surface area contributed by atoms with Gasteiger partial charge in [0.15, 0.2) is 0 Å². The molecule has 0 heterocycles. The molecule has 2 rings (SSSR count). The molecule has 1 aromatic rings. The van der Waals surface area contributed by atoms with Crippen LogP contribution in [0.4, 0.5) is 0 Å². The lowest BCUT2D eigenvalue weighted by molar-refractivity contribution is -0.122. The van der Waals surface area contributed by atoms with Crippen LogP contribution in [-0.2, 0) is 4.79 Å². The van der Waals surface area contributed by atoms with Crippen LogP contribution < -0.4 is 10.9 Å². The van der Waals surface area contributed by atoms with E-state index < -0.39 is 0 Å². The molecule has 120 valence electrons. The molecule has 1 aromatic carbocycles.